The molecule has 88 valence electrons. The van der Waals surface area contributed by atoms with Crippen LogP contribution in [0.5, 0.6) is 0 Å². The Hall–Kier alpha value is -0.380. The van der Waals surface area contributed by atoms with Crippen molar-refractivity contribution in [1.82, 2.24) is 5.32 Å². The SMILES string of the molecule is C=CCCOCCNCC1CCCOC1. The highest BCUT2D eigenvalue weighted by molar-refractivity contribution is 4.66. The molecular formula is C12H23NO2. The molecule has 1 N–H and O–H groups in total. The van der Waals surface area contributed by atoms with Gasteiger partial charge in [-0.2, -0.15) is 0 Å². The smallest absolute Gasteiger partial charge is 0.0591 e. The zero-order chi connectivity index (χ0) is 10.8. The lowest BCUT2D eigenvalue weighted by atomic mass is 10.0. The topological polar surface area (TPSA) is 30.5 Å². The standard InChI is InChI=1S/C12H23NO2/c1-2-3-7-14-9-6-13-10-12-5-4-8-15-11-12/h2,12-13H,1,3-11H2. The Morgan fingerprint density at radius 1 is 1.47 bits per heavy atom. The van der Waals surface area contributed by atoms with Gasteiger partial charge in [0.15, 0.2) is 0 Å². The van der Waals surface area contributed by atoms with Gasteiger partial charge in [-0.05, 0) is 25.2 Å². The minimum atomic E-state index is 0.701. The van der Waals surface area contributed by atoms with Crippen LogP contribution >= 0.6 is 0 Å². The number of hydrogen-bond donors (Lipinski definition) is 1. The maximum atomic E-state index is 5.41. The highest BCUT2D eigenvalue weighted by Crippen LogP contribution is 2.11. The van der Waals surface area contributed by atoms with Gasteiger partial charge in [0.05, 0.1) is 19.8 Å². The molecule has 1 unspecified atom stereocenters. The van der Waals surface area contributed by atoms with Gasteiger partial charge >= 0.3 is 0 Å². The van der Waals surface area contributed by atoms with Crippen molar-refractivity contribution in [2.45, 2.75) is 19.3 Å². The Morgan fingerprint density at radius 3 is 3.13 bits per heavy atom. The number of hydrogen-bond acceptors (Lipinski definition) is 3. The Kier molecular flexibility index (Phi) is 7.52. The van der Waals surface area contributed by atoms with E-state index < -0.39 is 0 Å². The molecule has 1 aliphatic heterocycles. The van der Waals surface area contributed by atoms with Crippen LogP contribution in [0.25, 0.3) is 0 Å². The minimum Gasteiger partial charge on any atom is -0.381 e. The maximum Gasteiger partial charge on any atom is 0.0591 e. The maximum absolute atomic E-state index is 5.41. The summed E-state index contributed by atoms with van der Waals surface area (Å²) < 4.78 is 10.8. The summed E-state index contributed by atoms with van der Waals surface area (Å²) in [5, 5.41) is 3.40. The van der Waals surface area contributed by atoms with Gasteiger partial charge in [-0.3, -0.25) is 0 Å². The summed E-state index contributed by atoms with van der Waals surface area (Å²) in [7, 11) is 0. The molecule has 1 atom stereocenters. The molecule has 3 heteroatoms. The summed E-state index contributed by atoms with van der Waals surface area (Å²) in [5.74, 6) is 0.701. The van der Waals surface area contributed by atoms with Gasteiger partial charge in [0.1, 0.15) is 0 Å². The molecule has 0 aromatic rings. The fourth-order valence-corrected chi connectivity index (χ4v) is 1.69. The third-order valence-electron chi connectivity index (χ3n) is 2.58. The lowest BCUT2D eigenvalue weighted by Gasteiger charge is -2.22. The normalized spacial score (nSPS) is 21.5. The lowest BCUT2D eigenvalue weighted by Crippen LogP contribution is -2.31. The van der Waals surface area contributed by atoms with Gasteiger partial charge in [-0.25, -0.2) is 0 Å². The van der Waals surface area contributed by atoms with Gasteiger partial charge in [0.25, 0.3) is 0 Å². The van der Waals surface area contributed by atoms with Crippen molar-refractivity contribution < 1.29 is 9.47 Å². The van der Waals surface area contributed by atoms with E-state index in [4.69, 9.17) is 9.47 Å². The van der Waals surface area contributed by atoms with E-state index in [1.54, 1.807) is 0 Å². The van der Waals surface area contributed by atoms with E-state index in [1.165, 1.54) is 12.8 Å². The van der Waals surface area contributed by atoms with Crippen LogP contribution in [0.2, 0.25) is 0 Å². The van der Waals surface area contributed by atoms with Crippen molar-refractivity contribution >= 4 is 0 Å². The summed E-state index contributed by atoms with van der Waals surface area (Å²) in [6.45, 7) is 9.09. The molecule has 1 aliphatic rings. The second-order valence-electron chi connectivity index (χ2n) is 3.98. The molecule has 0 aromatic heterocycles. The zero-order valence-electron chi connectivity index (χ0n) is 9.54. The highest BCUT2D eigenvalue weighted by atomic mass is 16.5. The third kappa shape index (κ3) is 6.66. The summed E-state index contributed by atoms with van der Waals surface area (Å²) in [5.41, 5.74) is 0. The molecule has 1 fully saturated rings. The molecule has 0 spiro atoms. The van der Waals surface area contributed by atoms with Crippen LogP contribution in [-0.4, -0.2) is 39.5 Å². The summed E-state index contributed by atoms with van der Waals surface area (Å²) >= 11 is 0. The molecule has 0 aliphatic carbocycles. The monoisotopic (exact) mass is 213 g/mol. The van der Waals surface area contributed by atoms with Crippen LogP contribution in [0.3, 0.4) is 0 Å². The second-order valence-corrected chi connectivity index (χ2v) is 3.98. The first-order chi connectivity index (χ1) is 7.43. The number of nitrogens with one attached hydrogen (secondary N) is 1. The van der Waals surface area contributed by atoms with Gasteiger partial charge < -0.3 is 14.8 Å². The summed E-state index contributed by atoms with van der Waals surface area (Å²) in [4.78, 5) is 0. The highest BCUT2D eigenvalue weighted by Gasteiger charge is 2.12. The predicted molar refractivity (Wildman–Crippen MR) is 62.0 cm³/mol. The molecule has 15 heavy (non-hydrogen) atoms. The average Bonchev–Trinajstić information content (AvgIpc) is 2.29. The predicted octanol–water partition coefficient (Wildman–Crippen LogP) is 1.60. The van der Waals surface area contributed by atoms with Crippen LogP contribution < -0.4 is 5.32 Å². The van der Waals surface area contributed by atoms with Crippen molar-refractivity contribution in [1.29, 1.82) is 0 Å². The molecule has 1 rings (SSSR count). The first-order valence-electron chi connectivity index (χ1n) is 5.90. The van der Waals surface area contributed by atoms with Crippen LogP contribution in [0.1, 0.15) is 19.3 Å². The lowest BCUT2D eigenvalue weighted by molar-refractivity contribution is 0.0536. The molecule has 3 nitrogen and oxygen atoms in total. The van der Waals surface area contributed by atoms with Gasteiger partial charge in [-0.15, -0.1) is 6.58 Å². The van der Waals surface area contributed by atoms with Crippen LogP contribution in [0.15, 0.2) is 12.7 Å². The van der Waals surface area contributed by atoms with Crippen LogP contribution in [0.4, 0.5) is 0 Å². The Balaban J connectivity index is 1.81. The Morgan fingerprint density at radius 2 is 2.40 bits per heavy atom. The van der Waals surface area contributed by atoms with E-state index in [0.29, 0.717) is 5.92 Å². The average molecular weight is 213 g/mol. The summed E-state index contributed by atoms with van der Waals surface area (Å²) in [6.07, 6.45) is 5.33. The molecular weight excluding hydrogens is 190 g/mol. The third-order valence-corrected chi connectivity index (χ3v) is 2.58. The summed E-state index contributed by atoms with van der Waals surface area (Å²) in [6, 6.07) is 0. The zero-order valence-corrected chi connectivity index (χ0v) is 9.54. The molecule has 0 bridgehead atoms. The van der Waals surface area contributed by atoms with Gasteiger partial charge in [0.2, 0.25) is 0 Å². The molecule has 0 saturated carbocycles. The van der Waals surface area contributed by atoms with Crippen molar-refractivity contribution in [2.24, 2.45) is 5.92 Å². The van der Waals surface area contributed by atoms with E-state index >= 15 is 0 Å². The molecule has 0 amide bonds. The van der Waals surface area contributed by atoms with E-state index in [2.05, 4.69) is 11.9 Å². The second kappa shape index (κ2) is 8.89. The number of rotatable bonds is 8. The quantitative estimate of drug-likeness (QED) is 0.490. The molecule has 1 heterocycles. The molecule has 0 aromatic carbocycles. The fourth-order valence-electron chi connectivity index (χ4n) is 1.69. The van der Waals surface area contributed by atoms with E-state index in [1.807, 2.05) is 6.08 Å². The first kappa shape index (κ1) is 12.7. The fraction of sp³-hybridized carbons (Fsp3) is 0.833. The van der Waals surface area contributed by atoms with Crippen molar-refractivity contribution in [3.8, 4) is 0 Å². The van der Waals surface area contributed by atoms with Crippen molar-refractivity contribution in [2.75, 3.05) is 39.5 Å². The van der Waals surface area contributed by atoms with Crippen molar-refractivity contribution in [3.63, 3.8) is 0 Å². The van der Waals surface area contributed by atoms with Crippen molar-refractivity contribution in [3.05, 3.63) is 12.7 Å². The van der Waals surface area contributed by atoms with Crippen LogP contribution in [-0.2, 0) is 9.47 Å². The Bertz CT molecular complexity index is 156. The molecule has 0 radical (unpaired) electrons. The van der Waals surface area contributed by atoms with E-state index in [0.717, 1.165) is 45.9 Å². The van der Waals surface area contributed by atoms with Gasteiger partial charge in [0, 0.05) is 19.7 Å². The van der Waals surface area contributed by atoms with E-state index in [-0.39, 0.29) is 0 Å². The first-order valence-corrected chi connectivity index (χ1v) is 5.90. The Labute approximate surface area is 92.8 Å². The van der Waals surface area contributed by atoms with E-state index in [9.17, 15) is 0 Å². The minimum absolute atomic E-state index is 0.701. The molecule has 1 saturated heterocycles. The van der Waals surface area contributed by atoms with Gasteiger partial charge in [-0.1, -0.05) is 6.08 Å². The largest absolute Gasteiger partial charge is 0.381 e. The number of ether oxygens (including phenoxy) is 2. The van der Waals surface area contributed by atoms with Crippen LogP contribution in [0, 0.1) is 5.92 Å².